The molecule has 0 spiro atoms. The van der Waals surface area contributed by atoms with Crippen LogP contribution in [-0.4, -0.2) is 30.9 Å². The van der Waals surface area contributed by atoms with Crippen LogP contribution >= 0.6 is 0 Å². The van der Waals surface area contributed by atoms with Crippen molar-refractivity contribution in [2.75, 3.05) is 6.61 Å². The molecule has 0 bridgehead atoms. The molecule has 2 aromatic rings. The van der Waals surface area contributed by atoms with Crippen molar-refractivity contribution < 1.29 is 23.7 Å². The second kappa shape index (κ2) is 7.45. The van der Waals surface area contributed by atoms with Gasteiger partial charge in [-0.05, 0) is 5.56 Å². The van der Waals surface area contributed by atoms with Crippen molar-refractivity contribution >= 4 is 5.78 Å². The molecule has 0 aromatic heterocycles. The fraction of sp³-hybridized carbons (Fsp3) is 0.350. The summed E-state index contributed by atoms with van der Waals surface area (Å²) in [6, 6.07) is 19.4. The number of hydrogen-bond donors (Lipinski definition) is 0. The molecule has 0 aliphatic carbocycles. The van der Waals surface area contributed by atoms with Crippen LogP contribution in [0.2, 0.25) is 0 Å². The Morgan fingerprint density at radius 3 is 2.40 bits per heavy atom. The number of Topliss-reactive ketones (excluding diaryl/α,β-unsaturated/α-hetero) is 1. The Morgan fingerprint density at radius 2 is 1.64 bits per heavy atom. The quantitative estimate of drug-likeness (QED) is 0.856. The van der Waals surface area contributed by atoms with Crippen LogP contribution in [0.1, 0.15) is 23.8 Å². The summed E-state index contributed by atoms with van der Waals surface area (Å²) in [4.78, 5) is 12.3. The maximum Gasteiger partial charge on any atom is 0.218 e. The van der Waals surface area contributed by atoms with Gasteiger partial charge in [0, 0.05) is 12.0 Å². The fourth-order valence-corrected chi connectivity index (χ4v) is 3.07. The van der Waals surface area contributed by atoms with Gasteiger partial charge in [-0.1, -0.05) is 60.7 Å². The zero-order valence-corrected chi connectivity index (χ0v) is 13.7. The molecule has 2 saturated heterocycles. The van der Waals surface area contributed by atoms with Gasteiger partial charge in [0.25, 0.3) is 0 Å². The molecule has 2 heterocycles. The maximum atomic E-state index is 12.3. The minimum atomic E-state index is -0.859. The number of ether oxygens (including phenoxy) is 4. The van der Waals surface area contributed by atoms with Crippen LogP contribution in [-0.2, 0) is 30.3 Å². The average Bonchev–Trinajstić information content (AvgIpc) is 2.67. The maximum absolute atomic E-state index is 12.3. The van der Waals surface area contributed by atoms with E-state index in [1.165, 1.54) is 0 Å². The first kappa shape index (κ1) is 16.4. The molecule has 0 saturated carbocycles. The highest BCUT2D eigenvalue weighted by atomic mass is 16.7. The molecular formula is C20H20O5. The van der Waals surface area contributed by atoms with E-state index in [9.17, 15) is 4.79 Å². The van der Waals surface area contributed by atoms with Crippen molar-refractivity contribution in [2.45, 2.75) is 37.8 Å². The second-order valence-corrected chi connectivity index (χ2v) is 6.22. The minimum Gasteiger partial charge on any atom is -0.346 e. The predicted molar refractivity (Wildman–Crippen MR) is 89.5 cm³/mol. The van der Waals surface area contributed by atoms with Gasteiger partial charge in [0.1, 0.15) is 6.10 Å². The number of fused-ring (bicyclic) bond motifs is 1. The van der Waals surface area contributed by atoms with Crippen molar-refractivity contribution in [3.8, 4) is 0 Å². The van der Waals surface area contributed by atoms with E-state index in [0.29, 0.717) is 13.2 Å². The molecule has 0 N–H and O–H groups in total. The fourth-order valence-electron chi connectivity index (χ4n) is 3.07. The van der Waals surface area contributed by atoms with Gasteiger partial charge in [-0.2, -0.15) is 0 Å². The summed E-state index contributed by atoms with van der Waals surface area (Å²) in [7, 11) is 0. The van der Waals surface area contributed by atoms with E-state index < -0.39 is 12.6 Å². The van der Waals surface area contributed by atoms with Gasteiger partial charge in [0.15, 0.2) is 12.1 Å². The molecule has 2 aliphatic heterocycles. The molecule has 5 heteroatoms. The Labute approximate surface area is 146 Å². The Morgan fingerprint density at radius 1 is 0.920 bits per heavy atom. The van der Waals surface area contributed by atoms with Crippen molar-refractivity contribution in [1.29, 1.82) is 0 Å². The number of rotatable bonds is 4. The molecular weight excluding hydrogens is 320 g/mol. The van der Waals surface area contributed by atoms with Gasteiger partial charge in [-0.3, -0.25) is 4.79 Å². The number of ketones is 1. The number of carbonyl (C=O) groups is 1. The van der Waals surface area contributed by atoms with Gasteiger partial charge in [0.2, 0.25) is 6.29 Å². The Bertz CT molecular complexity index is 703. The number of carbonyl (C=O) groups excluding carboxylic acids is 1. The molecule has 4 atom stereocenters. The van der Waals surface area contributed by atoms with E-state index in [1.807, 2.05) is 60.7 Å². The van der Waals surface area contributed by atoms with Gasteiger partial charge in [-0.25, -0.2) is 0 Å². The summed E-state index contributed by atoms with van der Waals surface area (Å²) in [6.07, 6.45) is -1.64. The summed E-state index contributed by atoms with van der Waals surface area (Å²) in [5, 5.41) is 0. The van der Waals surface area contributed by atoms with E-state index in [2.05, 4.69) is 0 Å². The summed E-state index contributed by atoms with van der Waals surface area (Å²) >= 11 is 0. The Kier molecular flexibility index (Phi) is 4.90. The van der Waals surface area contributed by atoms with E-state index in [-0.39, 0.29) is 24.4 Å². The molecule has 5 nitrogen and oxygen atoms in total. The zero-order chi connectivity index (χ0) is 17.1. The lowest BCUT2D eigenvalue weighted by Gasteiger charge is -2.41. The van der Waals surface area contributed by atoms with E-state index in [0.717, 1.165) is 11.1 Å². The van der Waals surface area contributed by atoms with Crippen LogP contribution in [0.4, 0.5) is 0 Å². The highest BCUT2D eigenvalue weighted by Gasteiger charge is 2.42. The highest BCUT2D eigenvalue weighted by Crippen LogP contribution is 2.32. The smallest absolute Gasteiger partial charge is 0.218 e. The van der Waals surface area contributed by atoms with Crippen molar-refractivity contribution in [3.63, 3.8) is 0 Å². The monoisotopic (exact) mass is 340 g/mol. The van der Waals surface area contributed by atoms with Crippen LogP contribution in [0.25, 0.3) is 0 Å². The minimum absolute atomic E-state index is 0.0918. The van der Waals surface area contributed by atoms with Crippen molar-refractivity contribution in [1.82, 2.24) is 0 Å². The normalized spacial score (nSPS) is 29.2. The van der Waals surface area contributed by atoms with Crippen LogP contribution in [0.3, 0.4) is 0 Å². The van der Waals surface area contributed by atoms with Gasteiger partial charge < -0.3 is 18.9 Å². The lowest BCUT2D eigenvalue weighted by Crippen LogP contribution is -2.52. The van der Waals surface area contributed by atoms with Gasteiger partial charge in [0.05, 0.1) is 19.3 Å². The molecule has 0 radical (unpaired) electrons. The molecule has 1 unspecified atom stereocenters. The molecule has 25 heavy (non-hydrogen) atoms. The SMILES string of the molecule is O=C1C[C@@H]2OC(c3ccccc3)OC[C@H]2O[C@@H]1OCc1ccccc1. The first-order valence-corrected chi connectivity index (χ1v) is 8.45. The van der Waals surface area contributed by atoms with E-state index in [1.54, 1.807) is 0 Å². The molecule has 0 amide bonds. The van der Waals surface area contributed by atoms with Crippen LogP contribution in [0.15, 0.2) is 60.7 Å². The lowest BCUT2D eigenvalue weighted by molar-refractivity contribution is -0.304. The summed E-state index contributed by atoms with van der Waals surface area (Å²) < 4.78 is 23.1. The van der Waals surface area contributed by atoms with Crippen molar-refractivity contribution in [3.05, 3.63) is 71.8 Å². The molecule has 4 rings (SSSR count). The molecule has 2 aromatic carbocycles. The van der Waals surface area contributed by atoms with Crippen LogP contribution in [0.5, 0.6) is 0 Å². The van der Waals surface area contributed by atoms with Crippen molar-refractivity contribution in [2.24, 2.45) is 0 Å². The lowest BCUT2D eigenvalue weighted by atomic mass is 10.0. The Hall–Kier alpha value is -2.05. The molecule has 2 aliphatic rings. The zero-order valence-electron chi connectivity index (χ0n) is 13.7. The number of hydrogen-bond acceptors (Lipinski definition) is 5. The highest BCUT2D eigenvalue weighted by molar-refractivity contribution is 5.83. The Balaban J connectivity index is 1.35. The average molecular weight is 340 g/mol. The second-order valence-electron chi connectivity index (χ2n) is 6.22. The molecule has 2 fully saturated rings. The summed E-state index contributed by atoms with van der Waals surface area (Å²) in [6.45, 7) is 0.714. The largest absolute Gasteiger partial charge is 0.346 e. The summed E-state index contributed by atoms with van der Waals surface area (Å²) in [5.41, 5.74) is 1.94. The standard InChI is InChI=1S/C20H20O5/c21-16-11-17-18(13-23-19(24-17)15-9-5-2-6-10-15)25-20(16)22-12-14-7-3-1-4-8-14/h1-10,17-20H,11-13H2/t17-,18+,19?,20-/m0/s1. The number of benzene rings is 2. The third-order valence-electron chi connectivity index (χ3n) is 4.40. The van der Waals surface area contributed by atoms with E-state index >= 15 is 0 Å². The predicted octanol–water partition coefficient (Wildman–Crippen LogP) is 3.00. The van der Waals surface area contributed by atoms with Gasteiger partial charge >= 0.3 is 0 Å². The van der Waals surface area contributed by atoms with Crippen LogP contribution < -0.4 is 0 Å². The topological polar surface area (TPSA) is 54.0 Å². The van der Waals surface area contributed by atoms with Crippen LogP contribution in [0, 0.1) is 0 Å². The molecule has 130 valence electrons. The van der Waals surface area contributed by atoms with E-state index in [4.69, 9.17) is 18.9 Å². The summed E-state index contributed by atoms with van der Waals surface area (Å²) in [5.74, 6) is -0.0918. The first-order valence-electron chi connectivity index (χ1n) is 8.45. The third-order valence-corrected chi connectivity index (χ3v) is 4.40. The first-order chi connectivity index (χ1) is 12.3. The third kappa shape index (κ3) is 3.80. The van der Waals surface area contributed by atoms with Gasteiger partial charge in [-0.15, -0.1) is 0 Å².